The molecule has 0 aliphatic carbocycles. The molecule has 1 aromatic heterocycles. The first-order chi connectivity index (χ1) is 16.9. The van der Waals surface area contributed by atoms with Crippen LogP contribution in [0.3, 0.4) is 0 Å². The van der Waals surface area contributed by atoms with Crippen LogP contribution in [0.15, 0.2) is 84.0 Å². The van der Waals surface area contributed by atoms with Crippen LogP contribution in [0.2, 0.25) is 10.0 Å². The van der Waals surface area contributed by atoms with Gasteiger partial charge in [-0.05, 0) is 61.4 Å². The first-order valence-electron chi connectivity index (χ1n) is 11.1. The second-order valence-corrected chi connectivity index (χ2v) is 9.93. The van der Waals surface area contributed by atoms with Crippen LogP contribution in [0, 0.1) is 13.8 Å². The van der Waals surface area contributed by atoms with Crippen molar-refractivity contribution in [3.05, 3.63) is 123 Å². The number of hydrogen-bond acceptors (Lipinski definition) is 3. The Hall–Kier alpha value is -2.99. The van der Waals surface area contributed by atoms with Gasteiger partial charge in [-0.1, -0.05) is 65.7 Å². The number of rotatable bonds is 8. The quantitative estimate of drug-likeness (QED) is 0.191. The fraction of sp³-hybridized carbons (Fsp3) is 0.143. The summed E-state index contributed by atoms with van der Waals surface area (Å²) in [5, 5.41) is 5.19. The summed E-state index contributed by atoms with van der Waals surface area (Å²) < 4.78 is 2.07. The molecule has 0 atom stereocenters. The third kappa shape index (κ3) is 6.37. The van der Waals surface area contributed by atoms with Crippen LogP contribution >= 0.6 is 35.0 Å². The topological polar surface area (TPSA) is 46.4 Å². The van der Waals surface area contributed by atoms with E-state index in [0.717, 1.165) is 34.1 Å². The minimum atomic E-state index is -0.247. The van der Waals surface area contributed by atoms with E-state index in [1.807, 2.05) is 74.1 Å². The maximum atomic E-state index is 12.5. The summed E-state index contributed by atoms with van der Waals surface area (Å²) in [5.74, 6) is 1.61. The maximum absolute atomic E-state index is 12.5. The molecule has 0 spiro atoms. The van der Waals surface area contributed by atoms with Gasteiger partial charge in [0, 0.05) is 39.7 Å². The van der Waals surface area contributed by atoms with E-state index in [0.29, 0.717) is 15.6 Å². The van der Waals surface area contributed by atoms with E-state index in [4.69, 9.17) is 23.2 Å². The third-order valence-corrected chi connectivity index (χ3v) is 7.41. The zero-order valence-electron chi connectivity index (χ0n) is 19.5. The molecule has 0 saturated carbocycles. The third-order valence-electron chi connectivity index (χ3n) is 5.60. The van der Waals surface area contributed by atoms with E-state index in [9.17, 15) is 4.79 Å². The second kappa shape index (κ2) is 11.6. The normalized spacial score (nSPS) is 11.2. The van der Waals surface area contributed by atoms with Gasteiger partial charge in [0.2, 0.25) is 0 Å². The molecule has 4 aromatic rings. The highest BCUT2D eigenvalue weighted by Crippen LogP contribution is 2.27. The van der Waals surface area contributed by atoms with Crippen molar-refractivity contribution in [2.24, 2.45) is 5.10 Å². The molecule has 0 aliphatic heterocycles. The predicted octanol–water partition coefficient (Wildman–Crippen LogP) is 7.60. The number of nitrogens with one attached hydrogen (secondary N) is 1. The van der Waals surface area contributed by atoms with Gasteiger partial charge in [-0.25, -0.2) is 5.43 Å². The lowest BCUT2D eigenvalue weighted by molar-refractivity contribution is 0.0955. The smallest absolute Gasteiger partial charge is 0.271 e. The average Bonchev–Trinajstić information content (AvgIpc) is 3.14. The van der Waals surface area contributed by atoms with Crippen molar-refractivity contribution in [2.75, 3.05) is 0 Å². The summed E-state index contributed by atoms with van der Waals surface area (Å²) in [6.45, 7) is 4.00. The van der Waals surface area contributed by atoms with Crippen molar-refractivity contribution < 1.29 is 4.79 Å². The Balaban J connectivity index is 1.34. The lowest BCUT2D eigenvalue weighted by Crippen LogP contribution is -2.17. The van der Waals surface area contributed by atoms with Crippen LogP contribution in [0.4, 0.5) is 0 Å². The van der Waals surface area contributed by atoms with E-state index in [1.165, 1.54) is 11.1 Å². The summed E-state index contributed by atoms with van der Waals surface area (Å²) >= 11 is 14.1. The number of thioether (sulfide) groups is 1. The molecule has 4 nitrogen and oxygen atoms in total. The van der Waals surface area contributed by atoms with E-state index in [-0.39, 0.29) is 5.91 Å². The summed E-state index contributed by atoms with van der Waals surface area (Å²) in [7, 11) is 0. The van der Waals surface area contributed by atoms with Gasteiger partial charge in [0.05, 0.1) is 16.3 Å². The van der Waals surface area contributed by atoms with Gasteiger partial charge in [-0.2, -0.15) is 16.9 Å². The fourth-order valence-corrected chi connectivity index (χ4v) is 5.03. The van der Waals surface area contributed by atoms with Crippen LogP contribution in [-0.2, 0) is 11.5 Å². The van der Waals surface area contributed by atoms with Crippen LogP contribution < -0.4 is 5.43 Å². The van der Waals surface area contributed by atoms with Crippen molar-refractivity contribution in [1.29, 1.82) is 0 Å². The van der Waals surface area contributed by atoms with Gasteiger partial charge in [-0.15, -0.1) is 0 Å². The first kappa shape index (κ1) is 25.1. The number of nitrogens with zero attached hydrogens (tertiary/aromatic N) is 2. The number of carbonyl (C=O) groups is 1. The van der Waals surface area contributed by atoms with Gasteiger partial charge in [-0.3, -0.25) is 4.79 Å². The Labute approximate surface area is 220 Å². The summed E-state index contributed by atoms with van der Waals surface area (Å²) in [4.78, 5) is 12.5. The van der Waals surface area contributed by atoms with E-state index in [2.05, 4.69) is 39.4 Å². The van der Waals surface area contributed by atoms with E-state index in [1.54, 1.807) is 12.3 Å². The molecule has 4 rings (SSSR count). The highest BCUT2D eigenvalue weighted by atomic mass is 35.5. The Morgan fingerprint density at radius 3 is 2.29 bits per heavy atom. The molecule has 35 heavy (non-hydrogen) atoms. The molecule has 0 radical (unpaired) electrons. The average molecular weight is 523 g/mol. The first-order valence-corrected chi connectivity index (χ1v) is 13.0. The molecule has 0 saturated heterocycles. The van der Waals surface area contributed by atoms with Gasteiger partial charge in [0.25, 0.3) is 5.91 Å². The Morgan fingerprint density at radius 2 is 1.60 bits per heavy atom. The van der Waals surface area contributed by atoms with Gasteiger partial charge in [0.1, 0.15) is 0 Å². The molecule has 1 N–H and O–H groups in total. The Bertz CT molecular complexity index is 1350. The van der Waals surface area contributed by atoms with Crippen molar-refractivity contribution in [3.8, 4) is 5.69 Å². The number of halogens is 2. The Kier molecular flexibility index (Phi) is 8.34. The molecule has 3 aromatic carbocycles. The van der Waals surface area contributed by atoms with Crippen molar-refractivity contribution >= 4 is 47.1 Å². The van der Waals surface area contributed by atoms with Crippen molar-refractivity contribution in [2.45, 2.75) is 25.4 Å². The van der Waals surface area contributed by atoms with Gasteiger partial charge < -0.3 is 4.57 Å². The van der Waals surface area contributed by atoms with Crippen LogP contribution in [0.5, 0.6) is 0 Å². The Morgan fingerprint density at radius 1 is 0.914 bits per heavy atom. The number of hydrogen-bond donors (Lipinski definition) is 1. The lowest BCUT2D eigenvalue weighted by atomic mass is 10.1. The zero-order valence-corrected chi connectivity index (χ0v) is 21.8. The fourth-order valence-electron chi connectivity index (χ4n) is 3.78. The summed E-state index contributed by atoms with van der Waals surface area (Å²) in [6.07, 6.45) is 1.66. The molecule has 0 unspecified atom stereocenters. The van der Waals surface area contributed by atoms with E-state index < -0.39 is 0 Å². The monoisotopic (exact) mass is 521 g/mol. The van der Waals surface area contributed by atoms with Gasteiger partial charge in [0.15, 0.2) is 0 Å². The molecule has 178 valence electrons. The number of amides is 1. The minimum Gasteiger partial charge on any atom is -0.318 e. The highest BCUT2D eigenvalue weighted by Gasteiger charge is 2.11. The number of carbonyl (C=O) groups excluding carboxylic acids is 1. The standard InChI is InChI=1S/C28H25Cl2N3OS/c1-19-14-24(20(2)33(19)25-12-13-26(29)27(30)15-25)16-31-32-28(34)23-10-8-22(9-11-23)18-35-17-21-6-4-3-5-7-21/h3-16H,17-18H2,1-2H3,(H,32,34)/b31-16+. The number of aromatic nitrogens is 1. The highest BCUT2D eigenvalue weighted by molar-refractivity contribution is 7.97. The largest absolute Gasteiger partial charge is 0.318 e. The number of hydrazone groups is 1. The molecule has 0 fully saturated rings. The number of aryl methyl sites for hydroxylation is 1. The maximum Gasteiger partial charge on any atom is 0.271 e. The molecule has 0 bridgehead atoms. The summed E-state index contributed by atoms with van der Waals surface area (Å²) in [5.41, 5.74) is 9.51. The zero-order chi connectivity index (χ0) is 24.8. The van der Waals surface area contributed by atoms with Gasteiger partial charge >= 0.3 is 0 Å². The number of benzene rings is 3. The lowest BCUT2D eigenvalue weighted by Gasteiger charge is -2.10. The minimum absolute atomic E-state index is 0.247. The SMILES string of the molecule is Cc1cc(/C=N/NC(=O)c2ccc(CSCc3ccccc3)cc2)c(C)n1-c1ccc(Cl)c(Cl)c1. The van der Waals surface area contributed by atoms with Crippen molar-refractivity contribution in [1.82, 2.24) is 9.99 Å². The van der Waals surface area contributed by atoms with Crippen LogP contribution in [0.1, 0.15) is 38.4 Å². The molecule has 1 amide bonds. The van der Waals surface area contributed by atoms with Crippen LogP contribution in [0.25, 0.3) is 5.69 Å². The van der Waals surface area contributed by atoms with Crippen molar-refractivity contribution in [3.63, 3.8) is 0 Å². The molecule has 7 heteroatoms. The molecular weight excluding hydrogens is 497 g/mol. The molecular formula is C28H25Cl2N3OS. The second-order valence-electron chi connectivity index (χ2n) is 8.13. The molecule has 1 heterocycles. The predicted molar refractivity (Wildman–Crippen MR) is 148 cm³/mol. The van der Waals surface area contributed by atoms with Crippen LogP contribution in [-0.4, -0.2) is 16.7 Å². The summed E-state index contributed by atoms with van der Waals surface area (Å²) in [6, 6.07) is 25.6. The molecule has 0 aliphatic rings. The van der Waals surface area contributed by atoms with E-state index >= 15 is 0 Å².